The lowest BCUT2D eigenvalue weighted by Gasteiger charge is -2.30. The van der Waals surface area contributed by atoms with Gasteiger partial charge in [0, 0.05) is 0 Å². The zero-order valence-electron chi connectivity index (χ0n) is 16.7. The van der Waals surface area contributed by atoms with Gasteiger partial charge in [0.15, 0.2) is 0 Å². The van der Waals surface area contributed by atoms with Crippen LogP contribution in [0.4, 0.5) is 0 Å². The quantitative estimate of drug-likeness (QED) is 0.359. The third kappa shape index (κ3) is 7.79. The van der Waals surface area contributed by atoms with Crippen LogP contribution in [0.2, 0.25) is 0 Å². The second-order valence-corrected chi connectivity index (χ2v) is 7.85. The molecular formula is C21H38O4. The topological polar surface area (TPSA) is 52.6 Å². The highest BCUT2D eigenvalue weighted by atomic mass is 16.5. The van der Waals surface area contributed by atoms with Gasteiger partial charge < -0.3 is 9.47 Å². The van der Waals surface area contributed by atoms with Gasteiger partial charge in [0.25, 0.3) is 0 Å². The zero-order valence-corrected chi connectivity index (χ0v) is 16.7. The lowest BCUT2D eigenvalue weighted by atomic mass is 9.76. The fraction of sp³-hybridized carbons (Fsp3) is 0.905. The highest BCUT2D eigenvalue weighted by molar-refractivity contribution is 5.82. The van der Waals surface area contributed by atoms with Crippen LogP contribution in [0.5, 0.6) is 0 Å². The lowest BCUT2D eigenvalue weighted by Crippen LogP contribution is -2.38. The summed E-state index contributed by atoms with van der Waals surface area (Å²) in [5.74, 6) is -0.484. The van der Waals surface area contributed by atoms with E-state index in [0.717, 1.165) is 51.4 Å². The van der Waals surface area contributed by atoms with Crippen molar-refractivity contribution in [1.29, 1.82) is 0 Å². The van der Waals surface area contributed by atoms with E-state index >= 15 is 0 Å². The van der Waals surface area contributed by atoms with E-state index in [1.165, 1.54) is 0 Å². The minimum atomic E-state index is -0.367. The van der Waals surface area contributed by atoms with E-state index in [1.807, 2.05) is 0 Å². The number of carbonyl (C=O) groups is 2. The van der Waals surface area contributed by atoms with Crippen molar-refractivity contribution in [2.75, 3.05) is 13.2 Å². The summed E-state index contributed by atoms with van der Waals surface area (Å²) in [5.41, 5.74) is 0. The van der Waals surface area contributed by atoms with Crippen molar-refractivity contribution in [2.24, 2.45) is 23.7 Å². The Morgan fingerprint density at radius 2 is 1.44 bits per heavy atom. The van der Waals surface area contributed by atoms with Crippen molar-refractivity contribution in [3.63, 3.8) is 0 Å². The van der Waals surface area contributed by atoms with Crippen LogP contribution in [0.25, 0.3) is 0 Å². The molecule has 25 heavy (non-hydrogen) atoms. The van der Waals surface area contributed by atoms with Gasteiger partial charge in [0.2, 0.25) is 0 Å². The Hall–Kier alpha value is -1.06. The molecule has 1 aliphatic rings. The monoisotopic (exact) mass is 354 g/mol. The van der Waals surface area contributed by atoms with E-state index in [2.05, 4.69) is 27.7 Å². The number of hydrogen-bond acceptors (Lipinski definition) is 4. The molecule has 4 heteroatoms. The molecule has 1 fully saturated rings. The number of esters is 2. The minimum absolute atomic E-state index is 0.182. The van der Waals surface area contributed by atoms with E-state index in [0.29, 0.717) is 25.6 Å². The summed E-state index contributed by atoms with van der Waals surface area (Å²) in [5, 5.41) is 0. The maximum absolute atomic E-state index is 12.8. The van der Waals surface area contributed by atoms with Crippen molar-refractivity contribution in [1.82, 2.24) is 0 Å². The van der Waals surface area contributed by atoms with Crippen LogP contribution in [0.3, 0.4) is 0 Å². The van der Waals surface area contributed by atoms with E-state index in [4.69, 9.17) is 9.47 Å². The van der Waals surface area contributed by atoms with Crippen molar-refractivity contribution in [3.05, 3.63) is 0 Å². The fourth-order valence-electron chi connectivity index (χ4n) is 3.74. The number of unbranched alkanes of at least 4 members (excludes halogenated alkanes) is 2. The van der Waals surface area contributed by atoms with Crippen LogP contribution in [-0.4, -0.2) is 25.2 Å². The molecule has 0 heterocycles. The van der Waals surface area contributed by atoms with Gasteiger partial charge in [-0.05, 0) is 43.9 Å². The Morgan fingerprint density at radius 1 is 0.920 bits per heavy atom. The molecule has 0 aromatic heterocycles. The highest BCUT2D eigenvalue weighted by Gasteiger charge is 2.42. The first-order valence-electron chi connectivity index (χ1n) is 10.3. The van der Waals surface area contributed by atoms with E-state index in [1.54, 1.807) is 0 Å². The maximum atomic E-state index is 12.8. The van der Waals surface area contributed by atoms with Gasteiger partial charge in [0.1, 0.15) is 0 Å². The Balaban J connectivity index is 2.88. The van der Waals surface area contributed by atoms with Crippen LogP contribution in [-0.2, 0) is 19.1 Å². The molecule has 2 atom stereocenters. The predicted octanol–water partition coefficient (Wildman–Crippen LogP) is 5.14. The first-order chi connectivity index (χ1) is 12.0. The molecule has 0 aliphatic heterocycles. The van der Waals surface area contributed by atoms with Gasteiger partial charge in [-0.25, -0.2) is 0 Å². The molecule has 0 saturated heterocycles. The van der Waals surface area contributed by atoms with Crippen LogP contribution < -0.4 is 0 Å². The summed E-state index contributed by atoms with van der Waals surface area (Å²) in [7, 11) is 0. The number of hydrogen-bond donors (Lipinski definition) is 0. The third-order valence-corrected chi connectivity index (χ3v) is 5.13. The molecule has 1 aliphatic carbocycles. The second-order valence-electron chi connectivity index (χ2n) is 7.85. The zero-order chi connectivity index (χ0) is 18.7. The molecule has 0 aromatic rings. The first kappa shape index (κ1) is 22.0. The molecule has 146 valence electrons. The molecule has 0 amide bonds. The van der Waals surface area contributed by atoms with Crippen molar-refractivity contribution >= 4 is 11.9 Å². The standard InChI is InChI=1S/C21H38O4/c1-5-7-13-24-20(22)18(15-16(3)4)19(17-11-9-10-12-17)21(23)25-14-8-6-2/h16-19H,5-15H2,1-4H3. The molecule has 0 N–H and O–H groups in total. The Bertz CT molecular complexity index is 385. The SMILES string of the molecule is CCCCOC(=O)C(CC(C)C)C(C(=O)OCCCC)C1CCCC1. The van der Waals surface area contributed by atoms with Crippen molar-refractivity contribution in [3.8, 4) is 0 Å². The number of carbonyl (C=O) groups excluding carboxylic acids is 2. The Labute approximate surface area is 154 Å². The fourth-order valence-corrected chi connectivity index (χ4v) is 3.74. The van der Waals surface area contributed by atoms with Crippen LogP contribution in [0.15, 0.2) is 0 Å². The van der Waals surface area contributed by atoms with Crippen molar-refractivity contribution < 1.29 is 19.1 Å². The summed E-state index contributed by atoms with van der Waals surface area (Å²) in [6, 6.07) is 0. The lowest BCUT2D eigenvalue weighted by molar-refractivity contribution is -0.164. The largest absolute Gasteiger partial charge is 0.465 e. The predicted molar refractivity (Wildman–Crippen MR) is 100 cm³/mol. The average Bonchev–Trinajstić information content (AvgIpc) is 3.08. The molecular weight excluding hydrogens is 316 g/mol. The van der Waals surface area contributed by atoms with Crippen molar-refractivity contribution in [2.45, 2.75) is 85.5 Å². The third-order valence-electron chi connectivity index (χ3n) is 5.13. The molecule has 0 aromatic carbocycles. The van der Waals surface area contributed by atoms with Crippen LogP contribution in [0, 0.1) is 23.7 Å². The molecule has 1 saturated carbocycles. The molecule has 0 bridgehead atoms. The number of rotatable bonds is 12. The molecule has 2 unspecified atom stereocenters. The van der Waals surface area contributed by atoms with E-state index in [-0.39, 0.29) is 29.7 Å². The van der Waals surface area contributed by atoms with Crippen LogP contribution in [0.1, 0.15) is 85.5 Å². The average molecular weight is 355 g/mol. The summed E-state index contributed by atoms with van der Waals surface area (Å²) >= 11 is 0. The Morgan fingerprint density at radius 3 is 1.92 bits per heavy atom. The Kier molecular flexibility index (Phi) is 10.8. The maximum Gasteiger partial charge on any atom is 0.310 e. The normalized spacial score (nSPS) is 17.5. The summed E-state index contributed by atoms with van der Waals surface area (Å²) in [6.45, 7) is 9.26. The summed E-state index contributed by atoms with van der Waals surface area (Å²) in [6.07, 6.45) is 8.74. The molecule has 0 radical (unpaired) electrons. The molecule has 4 nitrogen and oxygen atoms in total. The highest BCUT2D eigenvalue weighted by Crippen LogP contribution is 2.39. The summed E-state index contributed by atoms with van der Waals surface area (Å²) in [4.78, 5) is 25.6. The minimum Gasteiger partial charge on any atom is -0.465 e. The van der Waals surface area contributed by atoms with Gasteiger partial charge in [-0.3, -0.25) is 9.59 Å². The van der Waals surface area contributed by atoms with Gasteiger partial charge in [0.05, 0.1) is 25.0 Å². The van der Waals surface area contributed by atoms with E-state index in [9.17, 15) is 9.59 Å². The smallest absolute Gasteiger partial charge is 0.310 e. The second kappa shape index (κ2) is 12.3. The molecule has 1 rings (SSSR count). The summed E-state index contributed by atoms with van der Waals surface area (Å²) < 4.78 is 11.1. The first-order valence-corrected chi connectivity index (χ1v) is 10.3. The number of ether oxygens (including phenoxy) is 2. The van der Waals surface area contributed by atoms with Gasteiger partial charge in [-0.15, -0.1) is 0 Å². The molecule has 0 spiro atoms. The van der Waals surface area contributed by atoms with Gasteiger partial charge >= 0.3 is 11.9 Å². The van der Waals surface area contributed by atoms with Gasteiger partial charge in [-0.2, -0.15) is 0 Å². The van der Waals surface area contributed by atoms with E-state index < -0.39 is 0 Å². The van der Waals surface area contributed by atoms with Crippen LogP contribution >= 0.6 is 0 Å². The van der Waals surface area contributed by atoms with Gasteiger partial charge in [-0.1, -0.05) is 53.4 Å².